The lowest BCUT2D eigenvalue weighted by Crippen LogP contribution is -2.28. The fourth-order valence-electron chi connectivity index (χ4n) is 2.09. The molecule has 2 aromatic heterocycles. The molecule has 0 spiro atoms. The second kappa shape index (κ2) is 4.45. The second-order valence-corrected chi connectivity index (χ2v) is 7.23. The highest BCUT2D eigenvalue weighted by Gasteiger charge is 2.34. The van der Waals surface area contributed by atoms with Crippen molar-refractivity contribution < 1.29 is 8.42 Å². The molecule has 0 saturated carbocycles. The molecule has 0 bridgehead atoms. The average molecular weight is 284 g/mol. The van der Waals surface area contributed by atoms with Gasteiger partial charge in [0.2, 0.25) is 0 Å². The third kappa shape index (κ3) is 1.96. The van der Waals surface area contributed by atoms with Crippen molar-refractivity contribution in [3.63, 3.8) is 0 Å². The Morgan fingerprint density at radius 2 is 2.33 bits per heavy atom. The van der Waals surface area contributed by atoms with Crippen LogP contribution in [0.3, 0.4) is 0 Å². The topological polar surface area (TPSA) is 68.1 Å². The van der Waals surface area contributed by atoms with Crippen molar-refractivity contribution >= 4 is 21.4 Å². The largest absolute Gasteiger partial charge is 0.252 e. The monoisotopic (exact) mass is 284 g/mol. The van der Waals surface area contributed by atoms with Gasteiger partial charge in [0, 0.05) is 19.3 Å². The van der Waals surface area contributed by atoms with Gasteiger partial charge in [-0.15, -0.1) is 16.4 Å². The van der Waals surface area contributed by atoms with Crippen LogP contribution in [0.25, 0.3) is 0 Å². The third-order valence-electron chi connectivity index (χ3n) is 3.03. The van der Waals surface area contributed by atoms with E-state index in [1.54, 1.807) is 34.6 Å². The summed E-state index contributed by atoms with van der Waals surface area (Å²) in [5, 5.41) is 9.45. The van der Waals surface area contributed by atoms with Gasteiger partial charge in [-0.25, -0.2) is 13.1 Å². The van der Waals surface area contributed by atoms with Crippen LogP contribution in [0.15, 0.2) is 34.1 Å². The van der Waals surface area contributed by atoms with Crippen LogP contribution in [-0.4, -0.2) is 40.8 Å². The Morgan fingerprint density at radius 3 is 3.00 bits per heavy atom. The number of hydrogen-bond donors (Lipinski definition) is 0. The highest BCUT2D eigenvalue weighted by atomic mass is 32.2. The summed E-state index contributed by atoms with van der Waals surface area (Å²) in [5.41, 5.74) is 0. The molecule has 3 heterocycles. The van der Waals surface area contributed by atoms with E-state index >= 15 is 0 Å². The Morgan fingerprint density at radius 1 is 1.44 bits per heavy atom. The van der Waals surface area contributed by atoms with Gasteiger partial charge < -0.3 is 0 Å². The molecule has 0 radical (unpaired) electrons. The first kappa shape index (κ1) is 11.8. The summed E-state index contributed by atoms with van der Waals surface area (Å²) in [5.74, 6) is 0. The molecule has 3 rings (SSSR count). The van der Waals surface area contributed by atoms with Gasteiger partial charge in [-0.2, -0.15) is 4.31 Å². The van der Waals surface area contributed by atoms with Gasteiger partial charge in [-0.1, -0.05) is 11.3 Å². The maximum absolute atomic E-state index is 12.3. The van der Waals surface area contributed by atoms with E-state index in [0.717, 1.165) is 6.42 Å². The molecule has 1 fully saturated rings. The Kier molecular flexibility index (Phi) is 2.92. The van der Waals surface area contributed by atoms with Crippen molar-refractivity contribution in [2.45, 2.75) is 16.7 Å². The number of nitrogens with zero attached hydrogens (tertiary/aromatic N) is 4. The van der Waals surface area contributed by atoms with Gasteiger partial charge in [-0.3, -0.25) is 0 Å². The molecule has 0 N–H and O–H groups in total. The summed E-state index contributed by atoms with van der Waals surface area (Å²) in [6.45, 7) is 0.994. The molecule has 96 valence electrons. The minimum atomic E-state index is -3.33. The second-order valence-electron chi connectivity index (χ2n) is 4.12. The van der Waals surface area contributed by atoms with Crippen LogP contribution >= 0.6 is 11.3 Å². The van der Waals surface area contributed by atoms with Crippen LogP contribution in [0.2, 0.25) is 0 Å². The van der Waals surface area contributed by atoms with Gasteiger partial charge in [0.1, 0.15) is 4.21 Å². The summed E-state index contributed by atoms with van der Waals surface area (Å²) >= 11 is 1.25. The van der Waals surface area contributed by atoms with Crippen molar-refractivity contribution in [2.24, 2.45) is 0 Å². The van der Waals surface area contributed by atoms with Gasteiger partial charge in [0.05, 0.1) is 12.2 Å². The number of thiophene rings is 1. The first-order valence-electron chi connectivity index (χ1n) is 5.57. The first-order chi connectivity index (χ1) is 8.68. The molecule has 6 nitrogen and oxygen atoms in total. The van der Waals surface area contributed by atoms with Gasteiger partial charge >= 0.3 is 0 Å². The lowest BCUT2D eigenvalue weighted by atomic mass is 10.3. The summed E-state index contributed by atoms with van der Waals surface area (Å²) in [4.78, 5) is 0. The Bertz CT molecular complexity index is 606. The van der Waals surface area contributed by atoms with Crippen LogP contribution in [-0.2, 0) is 10.0 Å². The van der Waals surface area contributed by atoms with E-state index in [4.69, 9.17) is 0 Å². The van der Waals surface area contributed by atoms with E-state index < -0.39 is 10.0 Å². The molecule has 1 unspecified atom stereocenters. The third-order valence-corrected chi connectivity index (χ3v) is 6.27. The normalized spacial score (nSPS) is 21.4. The number of rotatable bonds is 3. The van der Waals surface area contributed by atoms with Crippen LogP contribution in [0.1, 0.15) is 12.5 Å². The Balaban J connectivity index is 1.80. The Labute approximate surface area is 109 Å². The summed E-state index contributed by atoms with van der Waals surface area (Å²) in [6, 6.07) is 3.48. The number of aromatic nitrogens is 3. The fraction of sp³-hybridized carbons (Fsp3) is 0.400. The summed E-state index contributed by atoms with van der Waals surface area (Å²) in [7, 11) is -3.33. The standard InChI is InChI=1S/C10H12N4O2S2/c15-18(16,10-2-1-7-17-10)13-5-3-9(8-13)14-6-4-11-12-14/h1-2,4,6-7,9H,3,5,8H2. The summed E-state index contributed by atoms with van der Waals surface area (Å²) in [6.07, 6.45) is 4.15. The summed E-state index contributed by atoms with van der Waals surface area (Å²) < 4.78 is 28.3. The number of sulfonamides is 1. The van der Waals surface area contributed by atoms with E-state index in [2.05, 4.69) is 10.3 Å². The van der Waals surface area contributed by atoms with Gasteiger partial charge in [0.15, 0.2) is 0 Å². The lowest BCUT2D eigenvalue weighted by molar-refractivity contribution is 0.429. The molecule has 1 atom stereocenters. The fourth-order valence-corrected chi connectivity index (χ4v) is 4.73. The van der Waals surface area contributed by atoms with E-state index in [1.807, 2.05) is 0 Å². The quantitative estimate of drug-likeness (QED) is 0.842. The van der Waals surface area contributed by atoms with Crippen LogP contribution in [0.5, 0.6) is 0 Å². The predicted molar refractivity (Wildman–Crippen MR) is 66.8 cm³/mol. The minimum Gasteiger partial charge on any atom is -0.248 e. The zero-order valence-corrected chi connectivity index (χ0v) is 11.1. The SMILES string of the molecule is O=S(=O)(c1cccs1)N1CCC(n2ccnn2)C1. The molecule has 1 aliphatic rings. The molecule has 0 amide bonds. The van der Waals surface area contributed by atoms with Crippen LogP contribution in [0, 0.1) is 0 Å². The van der Waals surface area contributed by atoms with Crippen molar-refractivity contribution in [1.82, 2.24) is 19.3 Å². The zero-order chi connectivity index (χ0) is 12.6. The van der Waals surface area contributed by atoms with Crippen molar-refractivity contribution in [2.75, 3.05) is 13.1 Å². The smallest absolute Gasteiger partial charge is 0.248 e. The lowest BCUT2D eigenvalue weighted by Gasteiger charge is -2.15. The maximum atomic E-state index is 12.3. The van der Waals surface area contributed by atoms with Gasteiger partial charge in [-0.05, 0) is 17.9 Å². The maximum Gasteiger partial charge on any atom is 0.252 e. The van der Waals surface area contributed by atoms with E-state index in [0.29, 0.717) is 17.3 Å². The van der Waals surface area contributed by atoms with Crippen molar-refractivity contribution in [3.8, 4) is 0 Å². The molecule has 0 aliphatic carbocycles. The van der Waals surface area contributed by atoms with Crippen molar-refractivity contribution in [3.05, 3.63) is 29.9 Å². The molecular formula is C10H12N4O2S2. The molecular weight excluding hydrogens is 272 g/mol. The van der Waals surface area contributed by atoms with Crippen LogP contribution < -0.4 is 0 Å². The Hall–Kier alpha value is -1.25. The molecule has 2 aromatic rings. The average Bonchev–Trinajstić information content (AvgIpc) is 3.12. The highest BCUT2D eigenvalue weighted by Crippen LogP contribution is 2.28. The van der Waals surface area contributed by atoms with Crippen LogP contribution in [0.4, 0.5) is 0 Å². The highest BCUT2D eigenvalue weighted by molar-refractivity contribution is 7.91. The van der Waals surface area contributed by atoms with E-state index in [-0.39, 0.29) is 6.04 Å². The van der Waals surface area contributed by atoms with Crippen molar-refractivity contribution in [1.29, 1.82) is 0 Å². The number of hydrogen-bond acceptors (Lipinski definition) is 5. The predicted octanol–water partition coefficient (Wildman–Crippen LogP) is 0.975. The van der Waals surface area contributed by atoms with Gasteiger partial charge in [0.25, 0.3) is 10.0 Å². The molecule has 8 heteroatoms. The minimum absolute atomic E-state index is 0.0854. The molecule has 1 saturated heterocycles. The molecule has 0 aromatic carbocycles. The van der Waals surface area contributed by atoms with E-state index in [1.165, 1.54) is 15.6 Å². The first-order valence-corrected chi connectivity index (χ1v) is 7.89. The molecule has 1 aliphatic heterocycles. The molecule has 18 heavy (non-hydrogen) atoms. The zero-order valence-electron chi connectivity index (χ0n) is 9.51. The van der Waals surface area contributed by atoms with E-state index in [9.17, 15) is 8.42 Å².